The lowest BCUT2D eigenvalue weighted by Gasteiger charge is -2.39. The first-order valence-electron chi connectivity index (χ1n) is 19.8. The summed E-state index contributed by atoms with van der Waals surface area (Å²) < 4.78 is 22.0. The molecule has 0 aromatic heterocycles. The standard InChI is InChI=1S/C39H72O10/c1-3-5-7-9-11-13-14-15-16-17-18-20-21-23-25-27-34(41)46-30-32(31-47-39-38(45)37(44)36(43)33(29-40)49-39)48-35(42)28-26-24-22-19-12-10-8-6-4-2/h17-18,32-33,36-40,43-45H,3-16,19-31H2,1-2H3/b18-17+/t32-,33-,36+,37?,38?,39-/m0/s1. The Morgan fingerprint density at radius 3 is 1.61 bits per heavy atom. The summed E-state index contributed by atoms with van der Waals surface area (Å²) in [5.74, 6) is -0.824. The van der Waals surface area contributed by atoms with Gasteiger partial charge in [-0.2, -0.15) is 0 Å². The van der Waals surface area contributed by atoms with Crippen molar-refractivity contribution >= 4 is 11.9 Å². The number of aliphatic hydroxyl groups excluding tert-OH is 4. The molecule has 10 nitrogen and oxygen atoms in total. The normalized spacial score (nSPS) is 21.6. The largest absolute Gasteiger partial charge is 0.462 e. The van der Waals surface area contributed by atoms with E-state index >= 15 is 0 Å². The predicted octanol–water partition coefficient (Wildman–Crippen LogP) is 7.22. The van der Waals surface area contributed by atoms with Crippen LogP contribution in [0.5, 0.6) is 0 Å². The third kappa shape index (κ3) is 23.5. The fourth-order valence-corrected chi connectivity index (χ4v) is 5.95. The quantitative estimate of drug-likeness (QED) is 0.0322. The van der Waals surface area contributed by atoms with Gasteiger partial charge in [-0.05, 0) is 38.5 Å². The fourth-order valence-electron chi connectivity index (χ4n) is 5.95. The highest BCUT2D eigenvalue weighted by Gasteiger charge is 2.44. The minimum absolute atomic E-state index is 0.221. The molecule has 0 spiro atoms. The minimum Gasteiger partial charge on any atom is -0.462 e. The molecule has 1 saturated heterocycles. The smallest absolute Gasteiger partial charge is 0.306 e. The van der Waals surface area contributed by atoms with Gasteiger partial charge in [-0.15, -0.1) is 0 Å². The average molecular weight is 701 g/mol. The Morgan fingerprint density at radius 2 is 1.08 bits per heavy atom. The van der Waals surface area contributed by atoms with Crippen LogP contribution in [0.15, 0.2) is 12.2 Å². The van der Waals surface area contributed by atoms with Crippen molar-refractivity contribution in [3.63, 3.8) is 0 Å². The van der Waals surface area contributed by atoms with Crippen molar-refractivity contribution in [3.05, 3.63) is 12.2 Å². The number of allylic oxidation sites excluding steroid dienone is 2. The zero-order valence-corrected chi connectivity index (χ0v) is 30.9. The number of hydrogen-bond donors (Lipinski definition) is 4. The molecule has 0 aromatic rings. The molecule has 0 amide bonds. The van der Waals surface area contributed by atoms with Gasteiger partial charge in [0.15, 0.2) is 12.4 Å². The van der Waals surface area contributed by atoms with Crippen LogP contribution in [0.2, 0.25) is 0 Å². The molecule has 0 aliphatic carbocycles. The van der Waals surface area contributed by atoms with Crippen LogP contribution in [-0.2, 0) is 28.5 Å². The van der Waals surface area contributed by atoms with E-state index < -0.39 is 55.4 Å². The Hall–Kier alpha value is -1.56. The molecule has 288 valence electrons. The molecule has 0 saturated carbocycles. The van der Waals surface area contributed by atoms with Crippen molar-refractivity contribution in [2.24, 2.45) is 0 Å². The van der Waals surface area contributed by atoms with Crippen LogP contribution < -0.4 is 0 Å². The molecule has 0 aromatic carbocycles. The molecule has 2 unspecified atom stereocenters. The van der Waals surface area contributed by atoms with Crippen LogP contribution in [-0.4, -0.2) is 89.0 Å². The summed E-state index contributed by atoms with van der Waals surface area (Å²) in [7, 11) is 0. The molecule has 1 fully saturated rings. The van der Waals surface area contributed by atoms with Crippen LogP contribution in [0, 0.1) is 0 Å². The molecule has 1 aliphatic rings. The van der Waals surface area contributed by atoms with Crippen LogP contribution in [0.1, 0.15) is 168 Å². The van der Waals surface area contributed by atoms with Crippen molar-refractivity contribution in [3.8, 4) is 0 Å². The van der Waals surface area contributed by atoms with E-state index in [1.807, 2.05) is 0 Å². The van der Waals surface area contributed by atoms with Crippen LogP contribution >= 0.6 is 0 Å². The van der Waals surface area contributed by atoms with Gasteiger partial charge in [0.2, 0.25) is 0 Å². The average Bonchev–Trinajstić information content (AvgIpc) is 3.10. The monoisotopic (exact) mass is 701 g/mol. The van der Waals surface area contributed by atoms with Gasteiger partial charge < -0.3 is 39.4 Å². The molecule has 6 atom stereocenters. The number of rotatable bonds is 32. The molecule has 1 rings (SSSR count). The maximum Gasteiger partial charge on any atom is 0.306 e. The fraction of sp³-hybridized carbons (Fsp3) is 0.897. The number of ether oxygens (including phenoxy) is 4. The Labute approximate surface area is 297 Å². The van der Waals surface area contributed by atoms with Crippen molar-refractivity contribution in [1.82, 2.24) is 0 Å². The van der Waals surface area contributed by atoms with E-state index in [4.69, 9.17) is 18.9 Å². The molecular weight excluding hydrogens is 628 g/mol. The molecule has 4 N–H and O–H groups in total. The second kappa shape index (κ2) is 31.2. The first-order valence-corrected chi connectivity index (χ1v) is 19.8. The van der Waals surface area contributed by atoms with Gasteiger partial charge in [0.1, 0.15) is 31.0 Å². The Kier molecular flexibility index (Phi) is 28.9. The van der Waals surface area contributed by atoms with E-state index in [0.29, 0.717) is 12.8 Å². The number of carbonyl (C=O) groups excluding carboxylic acids is 2. The van der Waals surface area contributed by atoms with Crippen LogP contribution in [0.4, 0.5) is 0 Å². The number of carbonyl (C=O) groups is 2. The van der Waals surface area contributed by atoms with Crippen molar-refractivity contribution in [2.75, 3.05) is 19.8 Å². The first kappa shape index (κ1) is 45.5. The van der Waals surface area contributed by atoms with Gasteiger partial charge in [0.05, 0.1) is 13.2 Å². The highest BCUT2D eigenvalue weighted by atomic mass is 16.7. The van der Waals surface area contributed by atoms with Gasteiger partial charge in [-0.25, -0.2) is 0 Å². The topological polar surface area (TPSA) is 152 Å². The second-order valence-electron chi connectivity index (χ2n) is 13.7. The molecule has 0 bridgehead atoms. The van der Waals surface area contributed by atoms with Gasteiger partial charge in [-0.3, -0.25) is 9.59 Å². The highest BCUT2D eigenvalue weighted by Crippen LogP contribution is 2.22. The van der Waals surface area contributed by atoms with Gasteiger partial charge >= 0.3 is 11.9 Å². The van der Waals surface area contributed by atoms with Crippen molar-refractivity contribution in [1.29, 1.82) is 0 Å². The lowest BCUT2D eigenvalue weighted by molar-refractivity contribution is -0.305. The summed E-state index contributed by atoms with van der Waals surface area (Å²) in [4.78, 5) is 25.1. The lowest BCUT2D eigenvalue weighted by atomic mass is 9.99. The summed E-state index contributed by atoms with van der Waals surface area (Å²) in [6.07, 6.45) is 22.3. The molecule has 1 aliphatic heterocycles. The third-order valence-electron chi connectivity index (χ3n) is 9.15. The Bertz CT molecular complexity index is 820. The van der Waals surface area contributed by atoms with Gasteiger partial charge in [0.25, 0.3) is 0 Å². The zero-order chi connectivity index (χ0) is 36.0. The number of aliphatic hydroxyl groups is 4. The third-order valence-corrected chi connectivity index (χ3v) is 9.15. The number of unbranched alkanes of at least 4 members (excludes halogenated alkanes) is 19. The van der Waals surface area contributed by atoms with Crippen molar-refractivity contribution in [2.45, 2.75) is 205 Å². The number of hydrogen-bond acceptors (Lipinski definition) is 10. The molecule has 0 radical (unpaired) electrons. The highest BCUT2D eigenvalue weighted by molar-refractivity contribution is 5.70. The Balaban J connectivity index is 2.37. The van der Waals surface area contributed by atoms with E-state index in [1.54, 1.807) is 0 Å². The maximum atomic E-state index is 12.6. The zero-order valence-electron chi connectivity index (χ0n) is 30.9. The van der Waals surface area contributed by atoms with E-state index in [1.165, 1.54) is 83.5 Å². The minimum atomic E-state index is -1.59. The van der Waals surface area contributed by atoms with E-state index in [0.717, 1.165) is 44.9 Å². The molecule has 1 heterocycles. The summed E-state index contributed by atoms with van der Waals surface area (Å²) in [6.45, 7) is 3.37. The van der Waals surface area contributed by atoms with E-state index in [-0.39, 0.29) is 26.1 Å². The predicted molar refractivity (Wildman–Crippen MR) is 192 cm³/mol. The first-order chi connectivity index (χ1) is 23.8. The summed E-state index contributed by atoms with van der Waals surface area (Å²) in [6, 6.07) is 0. The molecule has 49 heavy (non-hydrogen) atoms. The van der Waals surface area contributed by atoms with Crippen molar-refractivity contribution < 1.29 is 49.0 Å². The van der Waals surface area contributed by atoms with Gasteiger partial charge in [-0.1, -0.05) is 129 Å². The second-order valence-corrected chi connectivity index (χ2v) is 13.7. The maximum absolute atomic E-state index is 12.6. The molecular formula is C39H72O10. The van der Waals surface area contributed by atoms with E-state index in [9.17, 15) is 30.0 Å². The van der Waals surface area contributed by atoms with Crippen LogP contribution in [0.25, 0.3) is 0 Å². The lowest BCUT2D eigenvalue weighted by Crippen LogP contribution is -2.59. The van der Waals surface area contributed by atoms with Crippen LogP contribution in [0.3, 0.4) is 0 Å². The van der Waals surface area contributed by atoms with Gasteiger partial charge in [0, 0.05) is 12.8 Å². The number of esters is 2. The summed E-state index contributed by atoms with van der Waals surface area (Å²) >= 11 is 0. The summed E-state index contributed by atoms with van der Waals surface area (Å²) in [5.41, 5.74) is 0. The molecule has 10 heteroatoms. The summed E-state index contributed by atoms with van der Waals surface area (Å²) in [5, 5.41) is 39.9. The Morgan fingerprint density at radius 1 is 0.612 bits per heavy atom. The SMILES string of the molecule is CCCCCCCCCC/C=C/CCCCCC(=O)OC[C@@H](CO[C@H]1O[C@@H](CO)[C@@H](O)C(O)C1O)OC(=O)CCCCCCCCCCC. The van der Waals surface area contributed by atoms with E-state index in [2.05, 4.69) is 26.0 Å².